The number of nitrogens with zero attached hydrogens (tertiary/aromatic N) is 2. The van der Waals surface area contributed by atoms with Crippen molar-refractivity contribution in [2.45, 2.75) is 56.0 Å². The van der Waals surface area contributed by atoms with Gasteiger partial charge >= 0.3 is 0 Å². The summed E-state index contributed by atoms with van der Waals surface area (Å²) in [6, 6.07) is 4.22. The highest BCUT2D eigenvalue weighted by molar-refractivity contribution is 8.00. The Hall–Kier alpha value is -1.64. The van der Waals surface area contributed by atoms with Gasteiger partial charge in [0.15, 0.2) is 5.16 Å². The smallest absolute Gasteiger partial charge is 0.263 e. The van der Waals surface area contributed by atoms with Crippen LogP contribution < -0.4 is 10.9 Å². The normalized spacial score (nSPS) is 24.5. The molecule has 5 unspecified atom stereocenters. The molecule has 1 amide bonds. The number of hydrogen-bond donors (Lipinski definition) is 1. The average molecular weight is 474 g/mol. The Balaban J connectivity index is 1.32. The Morgan fingerprint density at radius 2 is 2.13 bits per heavy atom. The van der Waals surface area contributed by atoms with E-state index in [1.54, 1.807) is 23.0 Å². The number of thioether (sulfide) groups is 1. The van der Waals surface area contributed by atoms with E-state index in [1.807, 2.05) is 29.8 Å². The van der Waals surface area contributed by atoms with Crippen LogP contribution in [0.4, 0.5) is 0 Å². The molecular weight excluding hydrogens is 446 g/mol. The van der Waals surface area contributed by atoms with Crippen LogP contribution in [0, 0.1) is 17.8 Å². The van der Waals surface area contributed by atoms with Gasteiger partial charge in [-0.15, -0.1) is 22.7 Å². The zero-order valence-corrected chi connectivity index (χ0v) is 20.4. The van der Waals surface area contributed by atoms with Crippen LogP contribution in [0.1, 0.15) is 39.5 Å². The molecule has 3 heterocycles. The Labute approximate surface area is 194 Å². The van der Waals surface area contributed by atoms with Crippen LogP contribution in [-0.4, -0.2) is 26.8 Å². The number of amides is 1. The van der Waals surface area contributed by atoms with Gasteiger partial charge in [-0.3, -0.25) is 14.2 Å². The summed E-state index contributed by atoms with van der Waals surface area (Å²) in [7, 11) is 1.75. The molecule has 5 rings (SSSR count). The van der Waals surface area contributed by atoms with E-state index >= 15 is 0 Å². The average Bonchev–Trinajstić information content (AvgIpc) is 3.55. The maximum Gasteiger partial charge on any atom is 0.263 e. The third-order valence-corrected chi connectivity index (χ3v) is 9.94. The summed E-state index contributed by atoms with van der Waals surface area (Å²) in [5.41, 5.74) is 0.894. The number of nitrogens with one attached hydrogen (secondary N) is 1. The number of thiophene rings is 2. The number of aromatic nitrogens is 2. The second kappa shape index (κ2) is 8.37. The molecule has 31 heavy (non-hydrogen) atoms. The fourth-order valence-electron chi connectivity index (χ4n) is 5.34. The molecule has 8 heteroatoms. The van der Waals surface area contributed by atoms with Crippen molar-refractivity contribution in [3.63, 3.8) is 0 Å². The topological polar surface area (TPSA) is 64.0 Å². The van der Waals surface area contributed by atoms with Crippen LogP contribution in [0.2, 0.25) is 0 Å². The van der Waals surface area contributed by atoms with Crippen LogP contribution in [-0.2, 0) is 11.8 Å². The van der Waals surface area contributed by atoms with Crippen LogP contribution in [0.3, 0.4) is 0 Å². The van der Waals surface area contributed by atoms with Gasteiger partial charge in [0.2, 0.25) is 5.91 Å². The van der Waals surface area contributed by atoms with E-state index in [0.29, 0.717) is 16.5 Å². The molecule has 0 aliphatic heterocycles. The van der Waals surface area contributed by atoms with Crippen molar-refractivity contribution in [3.8, 4) is 10.4 Å². The van der Waals surface area contributed by atoms with Crippen molar-refractivity contribution >= 4 is 50.6 Å². The number of hydrogen-bond acceptors (Lipinski definition) is 6. The van der Waals surface area contributed by atoms with Crippen molar-refractivity contribution in [2.24, 2.45) is 24.8 Å². The number of fused-ring (bicyclic) bond motifs is 3. The molecule has 2 aliphatic carbocycles. The summed E-state index contributed by atoms with van der Waals surface area (Å²) in [4.78, 5) is 32.6. The summed E-state index contributed by atoms with van der Waals surface area (Å²) in [5.74, 6) is 2.29. The van der Waals surface area contributed by atoms with Gasteiger partial charge in [0.05, 0.1) is 10.6 Å². The molecule has 164 valence electrons. The van der Waals surface area contributed by atoms with Crippen molar-refractivity contribution in [1.29, 1.82) is 0 Å². The monoisotopic (exact) mass is 473 g/mol. The molecule has 2 bridgehead atoms. The third-order valence-electron chi connectivity index (χ3n) is 7.02. The third kappa shape index (κ3) is 3.87. The maximum absolute atomic E-state index is 13.1. The molecule has 0 saturated heterocycles. The molecule has 2 saturated carbocycles. The van der Waals surface area contributed by atoms with Crippen LogP contribution >= 0.6 is 34.4 Å². The predicted octanol–water partition coefficient (Wildman–Crippen LogP) is 5.15. The standard InChI is InChI=1S/C23H27N3O2S3/c1-12(16-10-14-6-7-15(16)9-14)24-20(27)13(2)31-23-25-21-19(22(28)26(23)3)17(11-30-21)18-5-4-8-29-18/h4-5,8,11-16H,6-7,9-10H2,1-3H3,(H,24,27). The molecule has 2 fully saturated rings. The van der Waals surface area contributed by atoms with E-state index in [9.17, 15) is 9.59 Å². The summed E-state index contributed by atoms with van der Waals surface area (Å²) >= 11 is 4.47. The molecule has 0 radical (unpaired) electrons. The zero-order chi connectivity index (χ0) is 21.7. The van der Waals surface area contributed by atoms with Gasteiger partial charge in [-0.2, -0.15) is 0 Å². The fourth-order valence-corrected chi connectivity index (χ4v) is 8.02. The van der Waals surface area contributed by atoms with Gasteiger partial charge in [-0.1, -0.05) is 24.2 Å². The first-order valence-corrected chi connectivity index (χ1v) is 13.6. The van der Waals surface area contributed by atoms with Crippen molar-refractivity contribution in [2.75, 3.05) is 0 Å². The highest BCUT2D eigenvalue weighted by Crippen LogP contribution is 2.49. The first-order valence-electron chi connectivity index (χ1n) is 10.9. The van der Waals surface area contributed by atoms with E-state index in [-0.39, 0.29) is 22.8 Å². The molecular formula is C23H27N3O2S3. The van der Waals surface area contributed by atoms with Gasteiger partial charge in [0.1, 0.15) is 4.83 Å². The lowest BCUT2D eigenvalue weighted by Crippen LogP contribution is -2.43. The Kier molecular flexibility index (Phi) is 5.73. The number of carbonyl (C=O) groups excluding carboxylic acids is 1. The minimum Gasteiger partial charge on any atom is -0.352 e. The largest absolute Gasteiger partial charge is 0.352 e. The molecule has 0 spiro atoms. The van der Waals surface area contributed by atoms with Gasteiger partial charge in [0, 0.05) is 28.9 Å². The number of carbonyl (C=O) groups is 1. The van der Waals surface area contributed by atoms with Gasteiger partial charge < -0.3 is 5.32 Å². The fraction of sp³-hybridized carbons (Fsp3) is 0.522. The van der Waals surface area contributed by atoms with E-state index in [0.717, 1.165) is 27.1 Å². The predicted molar refractivity (Wildman–Crippen MR) is 130 cm³/mol. The maximum atomic E-state index is 13.1. The first-order chi connectivity index (χ1) is 14.9. The molecule has 5 atom stereocenters. The van der Waals surface area contributed by atoms with Gasteiger partial charge in [0.25, 0.3) is 5.56 Å². The molecule has 0 aromatic carbocycles. The lowest BCUT2D eigenvalue weighted by Gasteiger charge is -2.29. The van der Waals surface area contributed by atoms with E-state index in [2.05, 4.69) is 12.2 Å². The van der Waals surface area contributed by atoms with Crippen LogP contribution in [0.25, 0.3) is 20.7 Å². The van der Waals surface area contributed by atoms with E-state index in [4.69, 9.17) is 4.98 Å². The highest BCUT2D eigenvalue weighted by Gasteiger charge is 2.42. The minimum absolute atomic E-state index is 0.0278. The minimum atomic E-state index is -0.312. The van der Waals surface area contributed by atoms with Gasteiger partial charge in [-0.25, -0.2) is 4.98 Å². The van der Waals surface area contributed by atoms with Crippen molar-refractivity contribution in [3.05, 3.63) is 33.2 Å². The molecule has 5 nitrogen and oxygen atoms in total. The zero-order valence-electron chi connectivity index (χ0n) is 18.0. The highest BCUT2D eigenvalue weighted by atomic mass is 32.2. The first kappa shape index (κ1) is 21.2. The Bertz CT molecular complexity index is 1170. The second-order valence-electron chi connectivity index (χ2n) is 8.96. The molecule has 1 N–H and O–H groups in total. The molecule has 3 aromatic heterocycles. The Morgan fingerprint density at radius 1 is 1.29 bits per heavy atom. The van der Waals surface area contributed by atoms with Crippen LogP contribution in [0.15, 0.2) is 32.8 Å². The summed E-state index contributed by atoms with van der Waals surface area (Å²) in [5, 5.41) is 8.22. The SMILES string of the molecule is CC(Sc1nc2scc(-c3cccs3)c2c(=O)n1C)C(=O)NC(C)C1CC2CCC1C2. The van der Waals surface area contributed by atoms with Crippen molar-refractivity contribution < 1.29 is 4.79 Å². The van der Waals surface area contributed by atoms with Crippen LogP contribution in [0.5, 0.6) is 0 Å². The molecule has 2 aliphatic rings. The lowest BCUT2D eigenvalue weighted by molar-refractivity contribution is -0.121. The quantitative estimate of drug-likeness (QED) is 0.397. The van der Waals surface area contributed by atoms with Crippen molar-refractivity contribution in [1.82, 2.24) is 14.9 Å². The molecule has 3 aromatic rings. The summed E-state index contributed by atoms with van der Waals surface area (Å²) < 4.78 is 1.58. The lowest BCUT2D eigenvalue weighted by atomic mass is 9.84. The number of rotatable bonds is 6. The van der Waals surface area contributed by atoms with E-state index < -0.39 is 0 Å². The van der Waals surface area contributed by atoms with E-state index in [1.165, 1.54) is 48.8 Å². The van der Waals surface area contributed by atoms with Gasteiger partial charge in [-0.05, 0) is 62.3 Å². The summed E-state index contributed by atoms with van der Waals surface area (Å²) in [6.07, 6.45) is 5.29. The Morgan fingerprint density at radius 3 is 2.81 bits per heavy atom. The second-order valence-corrected chi connectivity index (χ2v) is 12.1. The summed E-state index contributed by atoms with van der Waals surface area (Å²) in [6.45, 7) is 4.05.